The van der Waals surface area contributed by atoms with Crippen LogP contribution in [0.25, 0.3) is 0 Å². The van der Waals surface area contributed by atoms with E-state index in [1.807, 2.05) is 0 Å². The summed E-state index contributed by atoms with van der Waals surface area (Å²) < 4.78 is 26.7. The van der Waals surface area contributed by atoms with E-state index in [9.17, 15) is 65.4 Å². The normalized spacial score (nSPS) is 35.5. The summed E-state index contributed by atoms with van der Waals surface area (Å²) in [7, 11) is 0. The molecule has 0 radical (unpaired) electrons. The van der Waals surface area contributed by atoms with E-state index in [2.05, 4.69) is 0 Å². The fraction of sp³-hybridized carbons (Fsp3) is 0.423. The maximum atomic E-state index is 13.6. The number of carbonyl (C=O) groups is 3. The smallest absolute Gasteiger partial charge is 0.340 e. The largest absolute Gasteiger partial charge is 0.504 e. The number of benzene rings is 2. The third-order valence-electron chi connectivity index (χ3n) is 8.09. The number of carbonyl (C=O) groups excluding carboxylic acids is 3. The topological polar surface area (TPSA) is 300 Å². The van der Waals surface area contributed by atoms with Crippen LogP contribution in [0.3, 0.4) is 0 Å². The van der Waals surface area contributed by atoms with E-state index >= 15 is 0 Å². The standard InChI is InChI=1S/C26H24O18/c27-5-11-17-16(34)19(23(40-11)43-21(35)6-1-8(28)14(32)9(29)2-6)41-22(36)7-3-10(30)15(33)18-13(7)20-25(38,24(37)42-17)4-12(31)26(20,39)44-18/h1-3,11-12,16-17,19-20,23,27-34,38-39H,4-5H2/t11-,12+,16+,17-,19-,20+,23-,25-,26-/m1/s1. The van der Waals surface area contributed by atoms with Gasteiger partial charge in [-0.2, -0.15) is 0 Å². The molecule has 0 amide bonds. The number of rotatable bonds is 3. The molecule has 1 saturated carbocycles. The number of aromatic hydroxyl groups is 5. The Bertz CT molecular complexity index is 1570. The Morgan fingerprint density at radius 1 is 0.932 bits per heavy atom. The monoisotopic (exact) mass is 624 g/mol. The van der Waals surface area contributed by atoms with Crippen LogP contribution >= 0.6 is 0 Å². The molecule has 0 spiro atoms. The zero-order valence-electron chi connectivity index (χ0n) is 21.9. The molecule has 2 aromatic carbocycles. The van der Waals surface area contributed by atoms with Crippen molar-refractivity contribution in [1.82, 2.24) is 0 Å². The summed E-state index contributed by atoms with van der Waals surface area (Å²) in [6.45, 7) is -1.02. The van der Waals surface area contributed by atoms with Crippen molar-refractivity contribution >= 4 is 17.9 Å². The third kappa shape index (κ3) is 4.00. The Balaban J connectivity index is 1.46. The number of hydrogen-bond donors (Lipinski definition) is 10. The Labute approximate surface area is 244 Å². The maximum Gasteiger partial charge on any atom is 0.340 e. The number of phenols is 5. The molecule has 2 aromatic rings. The number of aliphatic hydroxyl groups is 5. The molecule has 9 atom stereocenters. The Morgan fingerprint density at radius 2 is 1.57 bits per heavy atom. The molecule has 2 fully saturated rings. The van der Waals surface area contributed by atoms with E-state index in [1.165, 1.54) is 0 Å². The van der Waals surface area contributed by atoms with Gasteiger partial charge in [-0.1, -0.05) is 0 Å². The lowest BCUT2D eigenvalue weighted by Gasteiger charge is -2.42. The summed E-state index contributed by atoms with van der Waals surface area (Å²) in [6.07, 6.45) is -13.0. The van der Waals surface area contributed by atoms with Crippen LogP contribution in [0.4, 0.5) is 0 Å². The van der Waals surface area contributed by atoms with E-state index in [0.29, 0.717) is 18.2 Å². The van der Waals surface area contributed by atoms with Gasteiger partial charge in [-0.15, -0.1) is 0 Å². The molecule has 1 saturated heterocycles. The summed E-state index contributed by atoms with van der Waals surface area (Å²) in [5.41, 5.74) is -4.77. The van der Waals surface area contributed by atoms with Gasteiger partial charge in [-0.05, 0) is 18.2 Å². The predicted octanol–water partition coefficient (Wildman–Crippen LogP) is -2.74. The van der Waals surface area contributed by atoms with Crippen molar-refractivity contribution < 1.29 is 89.1 Å². The van der Waals surface area contributed by atoms with E-state index in [4.69, 9.17) is 23.7 Å². The number of phenolic OH excluding ortho intramolecular Hbond substituents is 5. The highest BCUT2D eigenvalue weighted by Gasteiger charge is 2.73. The highest BCUT2D eigenvalue weighted by atomic mass is 16.7. The van der Waals surface area contributed by atoms with Crippen LogP contribution in [0, 0.1) is 0 Å². The molecular weight excluding hydrogens is 600 g/mol. The van der Waals surface area contributed by atoms with Gasteiger partial charge in [-0.25, -0.2) is 14.4 Å². The molecule has 3 heterocycles. The summed E-state index contributed by atoms with van der Waals surface area (Å²) in [5, 5.41) is 104. The molecule has 18 nitrogen and oxygen atoms in total. The third-order valence-corrected chi connectivity index (χ3v) is 8.09. The van der Waals surface area contributed by atoms with Gasteiger partial charge >= 0.3 is 17.9 Å². The van der Waals surface area contributed by atoms with Crippen molar-refractivity contribution in [2.75, 3.05) is 6.61 Å². The molecule has 0 unspecified atom stereocenters. The highest BCUT2D eigenvalue weighted by molar-refractivity contribution is 5.96. The molecule has 44 heavy (non-hydrogen) atoms. The number of esters is 3. The predicted molar refractivity (Wildman–Crippen MR) is 131 cm³/mol. The Kier molecular flexibility index (Phi) is 6.50. The Morgan fingerprint density at radius 3 is 2.20 bits per heavy atom. The maximum absolute atomic E-state index is 13.6. The number of fused-ring (bicyclic) bond motifs is 2. The lowest BCUT2D eigenvalue weighted by atomic mass is 9.81. The average molecular weight is 624 g/mol. The molecule has 10 N–H and O–H groups in total. The van der Waals surface area contributed by atoms with Gasteiger partial charge in [0.2, 0.25) is 17.8 Å². The first-order valence-corrected chi connectivity index (χ1v) is 12.8. The molecule has 2 bridgehead atoms. The zero-order valence-corrected chi connectivity index (χ0v) is 21.9. The molecular formula is C26H24O18. The molecule has 18 heteroatoms. The minimum absolute atomic E-state index is 0.556. The summed E-state index contributed by atoms with van der Waals surface area (Å²) >= 11 is 0. The van der Waals surface area contributed by atoms with Gasteiger partial charge < -0.3 is 74.7 Å². The second-order valence-corrected chi connectivity index (χ2v) is 10.7. The number of ether oxygens (including phenoxy) is 5. The van der Waals surface area contributed by atoms with Crippen molar-refractivity contribution in [2.24, 2.45) is 0 Å². The second-order valence-electron chi connectivity index (χ2n) is 10.7. The summed E-state index contributed by atoms with van der Waals surface area (Å²) in [5.74, 6) is -14.9. The van der Waals surface area contributed by atoms with Crippen LogP contribution in [0.2, 0.25) is 0 Å². The van der Waals surface area contributed by atoms with Gasteiger partial charge in [-0.3, -0.25) is 0 Å². The van der Waals surface area contributed by atoms with E-state index in [1.54, 1.807) is 0 Å². The molecule has 0 aromatic heterocycles. The van der Waals surface area contributed by atoms with E-state index in [-0.39, 0.29) is 0 Å². The molecule has 3 aliphatic heterocycles. The van der Waals surface area contributed by atoms with Crippen LogP contribution in [0.1, 0.15) is 38.6 Å². The van der Waals surface area contributed by atoms with Crippen LogP contribution in [0.15, 0.2) is 18.2 Å². The fourth-order valence-corrected chi connectivity index (χ4v) is 5.95. The van der Waals surface area contributed by atoms with Gasteiger partial charge in [0.15, 0.2) is 46.6 Å². The highest BCUT2D eigenvalue weighted by Crippen LogP contribution is 2.62. The van der Waals surface area contributed by atoms with E-state index < -0.39 is 136 Å². The molecule has 4 aliphatic rings. The van der Waals surface area contributed by atoms with Gasteiger partial charge in [0.05, 0.1) is 23.7 Å². The van der Waals surface area contributed by atoms with Crippen LogP contribution in [-0.4, -0.2) is 124 Å². The van der Waals surface area contributed by atoms with Gasteiger partial charge in [0.25, 0.3) is 0 Å². The Hall–Kier alpha value is -4.59. The first-order valence-electron chi connectivity index (χ1n) is 12.8. The molecule has 6 rings (SSSR count). The van der Waals surface area contributed by atoms with Gasteiger partial charge in [0.1, 0.15) is 18.3 Å². The first-order chi connectivity index (χ1) is 20.6. The number of hydrogen-bond acceptors (Lipinski definition) is 18. The fourth-order valence-electron chi connectivity index (χ4n) is 5.95. The van der Waals surface area contributed by atoms with Crippen molar-refractivity contribution in [3.63, 3.8) is 0 Å². The van der Waals surface area contributed by atoms with Crippen molar-refractivity contribution in [2.45, 2.75) is 60.5 Å². The minimum Gasteiger partial charge on any atom is -0.504 e. The summed E-state index contributed by atoms with van der Waals surface area (Å²) in [4.78, 5) is 40.0. The number of aliphatic hydroxyl groups excluding tert-OH is 3. The van der Waals surface area contributed by atoms with Crippen LogP contribution in [-0.2, 0) is 23.7 Å². The quantitative estimate of drug-likeness (QED) is 0.0941. The second kappa shape index (κ2) is 9.71. The SMILES string of the molecule is O=C(O[C@H]1O[C@H](CO)[C@H]2OC(=O)[C@@]3(O)C[C@H](O)[C@@]4(O)Oc5c(O)c(O)cc(c5[C@H]43)C(=O)O[C@@H]1[C@H]2O)c1cc(O)c(O)c(O)c1. The lowest BCUT2D eigenvalue weighted by molar-refractivity contribution is -0.290. The summed E-state index contributed by atoms with van der Waals surface area (Å²) in [6, 6.07) is 2.03. The molecule has 1 aliphatic carbocycles. The van der Waals surface area contributed by atoms with E-state index in [0.717, 1.165) is 0 Å². The average Bonchev–Trinajstić information content (AvgIpc) is 3.40. The lowest BCUT2D eigenvalue weighted by Crippen LogP contribution is -2.62. The minimum atomic E-state index is -2.90. The van der Waals surface area contributed by atoms with Crippen molar-refractivity contribution in [3.05, 3.63) is 34.9 Å². The van der Waals surface area contributed by atoms with Crippen LogP contribution < -0.4 is 4.74 Å². The van der Waals surface area contributed by atoms with Crippen LogP contribution in [0.5, 0.6) is 34.5 Å². The van der Waals surface area contributed by atoms with Crippen molar-refractivity contribution in [3.8, 4) is 34.5 Å². The van der Waals surface area contributed by atoms with Gasteiger partial charge in [0, 0.05) is 12.0 Å². The first kappa shape index (κ1) is 29.5. The molecule has 236 valence electrons. The zero-order chi connectivity index (χ0) is 32.0. The van der Waals surface area contributed by atoms with Crippen molar-refractivity contribution in [1.29, 1.82) is 0 Å².